The van der Waals surface area contributed by atoms with Crippen molar-refractivity contribution in [2.24, 2.45) is 0 Å². The van der Waals surface area contributed by atoms with Crippen molar-refractivity contribution in [1.82, 2.24) is 20.2 Å². The van der Waals surface area contributed by atoms with Gasteiger partial charge in [-0.15, -0.1) is 5.10 Å². The molecule has 1 aromatic carbocycles. The average Bonchev–Trinajstić information content (AvgIpc) is 2.80. The van der Waals surface area contributed by atoms with E-state index in [4.69, 9.17) is 16.7 Å². The Morgan fingerprint density at radius 1 is 1.47 bits per heavy atom. The molecule has 0 unspecified atom stereocenters. The number of tetrazole rings is 1. The highest BCUT2D eigenvalue weighted by molar-refractivity contribution is 6.30. The highest BCUT2D eigenvalue weighted by atomic mass is 35.5. The fourth-order valence-corrected chi connectivity index (χ4v) is 1.77. The van der Waals surface area contributed by atoms with Crippen molar-refractivity contribution in [3.8, 4) is 11.4 Å². The first-order chi connectivity index (χ1) is 9.08. The molecule has 1 N–H and O–H groups in total. The summed E-state index contributed by atoms with van der Waals surface area (Å²) in [5.74, 6) is -1.16. The largest absolute Gasteiger partial charge is 0.481 e. The van der Waals surface area contributed by atoms with Gasteiger partial charge in [-0.2, -0.15) is 0 Å². The molecule has 1 heterocycles. The number of hydrogen-bond donors (Lipinski definition) is 1. The number of rotatable bonds is 5. The van der Waals surface area contributed by atoms with Crippen LogP contribution in [-0.4, -0.2) is 31.3 Å². The summed E-state index contributed by atoms with van der Waals surface area (Å²) in [6.45, 7) is 0.292. The predicted octanol–water partition coefficient (Wildman–Crippen LogP) is 2.00. The number of aliphatic carboxylic acids is 1. The molecular weight excluding hydrogens is 275 g/mol. The van der Waals surface area contributed by atoms with E-state index < -0.39 is 11.8 Å². The first-order valence-electron chi connectivity index (χ1n) is 5.51. The minimum Gasteiger partial charge on any atom is -0.481 e. The molecule has 0 amide bonds. The van der Waals surface area contributed by atoms with Crippen LogP contribution in [0.25, 0.3) is 11.4 Å². The number of aromatic nitrogens is 4. The van der Waals surface area contributed by atoms with Crippen molar-refractivity contribution in [3.63, 3.8) is 0 Å². The summed E-state index contributed by atoms with van der Waals surface area (Å²) in [4.78, 5) is 10.4. The topological polar surface area (TPSA) is 80.9 Å². The molecule has 0 bridgehead atoms. The third-order valence-electron chi connectivity index (χ3n) is 2.46. The summed E-state index contributed by atoms with van der Waals surface area (Å²) in [5, 5.41) is 19.9. The van der Waals surface area contributed by atoms with Crippen LogP contribution in [0.5, 0.6) is 0 Å². The van der Waals surface area contributed by atoms with Gasteiger partial charge in [0.2, 0.25) is 0 Å². The van der Waals surface area contributed by atoms with Crippen molar-refractivity contribution >= 4 is 17.6 Å². The molecule has 19 heavy (non-hydrogen) atoms. The Morgan fingerprint density at radius 2 is 2.26 bits per heavy atom. The summed E-state index contributed by atoms with van der Waals surface area (Å²) in [6.07, 6.45) is 0.354. The lowest BCUT2D eigenvalue weighted by atomic mass is 10.2. The predicted molar refractivity (Wildman–Crippen MR) is 65.1 cm³/mol. The quantitative estimate of drug-likeness (QED) is 0.908. The number of aryl methyl sites for hydroxylation is 1. The number of nitrogens with zero attached hydrogens (tertiary/aromatic N) is 4. The number of benzene rings is 1. The van der Waals surface area contributed by atoms with E-state index in [-0.39, 0.29) is 17.8 Å². The summed E-state index contributed by atoms with van der Waals surface area (Å²) in [5.41, 5.74) is 0.188. The van der Waals surface area contributed by atoms with E-state index >= 15 is 0 Å². The SMILES string of the molecule is O=C(O)CCCn1nnnc1-c1cc(Cl)ccc1F. The number of hydrogen-bond acceptors (Lipinski definition) is 4. The van der Waals surface area contributed by atoms with Crippen LogP contribution in [0.4, 0.5) is 4.39 Å². The third kappa shape index (κ3) is 3.25. The lowest BCUT2D eigenvalue weighted by molar-refractivity contribution is -0.137. The van der Waals surface area contributed by atoms with Gasteiger partial charge in [-0.05, 0) is 35.0 Å². The van der Waals surface area contributed by atoms with Crippen molar-refractivity contribution in [2.45, 2.75) is 19.4 Å². The van der Waals surface area contributed by atoms with Gasteiger partial charge in [0, 0.05) is 18.0 Å². The van der Waals surface area contributed by atoms with Gasteiger partial charge in [0.1, 0.15) is 5.82 Å². The first-order valence-corrected chi connectivity index (χ1v) is 5.89. The van der Waals surface area contributed by atoms with Crippen molar-refractivity contribution in [3.05, 3.63) is 29.0 Å². The zero-order chi connectivity index (χ0) is 13.8. The van der Waals surface area contributed by atoms with Crippen LogP contribution in [-0.2, 0) is 11.3 Å². The number of halogens is 2. The van der Waals surface area contributed by atoms with Crippen molar-refractivity contribution in [2.75, 3.05) is 0 Å². The Kier molecular flexibility index (Phi) is 4.06. The molecule has 0 saturated heterocycles. The van der Waals surface area contributed by atoms with Crippen LogP contribution in [0.3, 0.4) is 0 Å². The van der Waals surface area contributed by atoms with Gasteiger partial charge in [0.25, 0.3) is 0 Å². The third-order valence-corrected chi connectivity index (χ3v) is 2.70. The minimum atomic E-state index is -0.899. The van der Waals surface area contributed by atoms with Gasteiger partial charge < -0.3 is 5.11 Å². The van der Waals surface area contributed by atoms with E-state index in [0.717, 1.165) is 0 Å². The molecule has 100 valence electrons. The molecule has 0 aliphatic rings. The molecule has 2 rings (SSSR count). The van der Waals surface area contributed by atoms with Crippen molar-refractivity contribution < 1.29 is 14.3 Å². The maximum Gasteiger partial charge on any atom is 0.303 e. The molecular formula is C11H10ClFN4O2. The fourth-order valence-electron chi connectivity index (χ4n) is 1.60. The summed E-state index contributed by atoms with van der Waals surface area (Å²) < 4.78 is 15.1. The lowest BCUT2D eigenvalue weighted by Crippen LogP contribution is -2.06. The highest BCUT2D eigenvalue weighted by Gasteiger charge is 2.14. The molecule has 0 aliphatic heterocycles. The molecule has 0 fully saturated rings. The van der Waals surface area contributed by atoms with Gasteiger partial charge in [-0.1, -0.05) is 11.6 Å². The van der Waals surface area contributed by atoms with Gasteiger partial charge in [-0.3, -0.25) is 4.79 Å². The normalized spacial score (nSPS) is 10.6. The number of carbonyl (C=O) groups is 1. The number of carboxylic acids is 1. The molecule has 2 aromatic rings. The molecule has 0 atom stereocenters. The summed E-state index contributed by atoms with van der Waals surface area (Å²) in [6, 6.07) is 4.09. The monoisotopic (exact) mass is 284 g/mol. The molecule has 0 radical (unpaired) electrons. The average molecular weight is 285 g/mol. The molecule has 0 aliphatic carbocycles. The van der Waals surface area contributed by atoms with Crippen LogP contribution in [0, 0.1) is 5.82 Å². The Hall–Kier alpha value is -2.02. The second-order valence-corrected chi connectivity index (χ2v) is 4.28. The van der Waals surface area contributed by atoms with Crippen LogP contribution in [0.1, 0.15) is 12.8 Å². The van der Waals surface area contributed by atoms with E-state index in [2.05, 4.69) is 15.5 Å². The zero-order valence-electron chi connectivity index (χ0n) is 9.75. The first kappa shape index (κ1) is 13.4. The van der Waals surface area contributed by atoms with Crippen molar-refractivity contribution in [1.29, 1.82) is 0 Å². The van der Waals surface area contributed by atoms with Gasteiger partial charge in [0.15, 0.2) is 5.82 Å². The Morgan fingerprint density at radius 3 is 3.00 bits per heavy atom. The minimum absolute atomic E-state index is 0.00265. The molecule has 8 heteroatoms. The Balaban J connectivity index is 2.23. The second kappa shape index (κ2) is 5.75. The Labute approximate surface area is 112 Å². The smallest absolute Gasteiger partial charge is 0.303 e. The lowest BCUT2D eigenvalue weighted by Gasteiger charge is -2.05. The second-order valence-electron chi connectivity index (χ2n) is 3.85. The zero-order valence-corrected chi connectivity index (χ0v) is 10.5. The molecule has 0 spiro atoms. The van der Waals surface area contributed by atoms with E-state index in [9.17, 15) is 9.18 Å². The number of carboxylic acid groups (broad SMARTS) is 1. The maximum absolute atomic E-state index is 13.7. The van der Waals surface area contributed by atoms with Crippen LogP contribution in [0.15, 0.2) is 18.2 Å². The summed E-state index contributed by atoms with van der Waals surface area (Å²) >= 11 is 5.81. The molecule has 1 aromatic heterocycles. The Bertz CT molecular complexity index is 602. The van der Waals surface area contributed by atoms with Gasteiger partial charge >= 0.3 is 5.97 Å². The highest BCUT2D eigenvalue weighted by Crippen LogP contribution is 2.23. The maximum atomic E-state index is 13.7. The standard InChI is InChI=1S/C11H10ClFN4O2/c12-7-3-4-9(13)8(6-7)11-14-15-16-17(11)5-1-2-10(18)19/h3-4,6H,1-2,5H2,(H,18,19). The fraction of sp³-hybridized carbons (Fsp3) is 0.273. The van der Waals surface area contributed by atoms with E-state index in [1.165, 1.54) is 22.9 Å². The van der Waals surface area contributed by atoms with Crippen LogP contribution < -0.4 is 0 Å². The molecule has 6 nitrogen and oxygen atoms in total. The van der Waals surface area contributed by atoms with E-state index in [0.29, 0.717) is 18.0 Å². The van der Waals surface area contributed by atoms with E-state index in [1.807, 2.05) is 0 Å². The van der Waals surface area contributed by atoms with Crippen LogP contribution >= 0.6 is 11.6 Å². The summed E-state index contributed by atoms with van der Waals surface area (Å²) in [7, 11) is 0. The van der Waals surface area contributed by atoms with Gasteiger partial charge in [-0.25, -0.2) is 9.07 Å². The van der Waals surface area contributed by atoms with Gasteiger partial charge in [0.05, 0.1) is 5.56 Å². The molecule has 0 saturated carbocycles. The van der Waals surface area contributed by atoms with E-state index in [1.54, 1.807) is 0 Å². The van der Waals surface area contributed by atoms with Crippen LogP contribution in [0.2, 0.25) is 5.02 Å².